The van der Waals surface area contributed by atoms with Crippen LogP contribution in [0, 0.1) is 23.2 Å². The minimum Gasteiger partial charge on any atom is -0.390 e. The Labute approximate surface area is 151 Å². The van der Waals surface area contributed by atoms with Crippen LogP contribution in [-0.2, 0) is 4.79 Å². The van der Waals surface area contributed by atoms with E-state index in [2.05, 4.69) is 24.8 Å². The monoisotopic (exact) mass is 345 g/mol. The van der Waals surface area contributed by atoms with Crippen molar-refractivity contribution < 1.29 is 9.90 Å². The molecule has 5 heteroatoms. The van der Waals surface area contributed by atoms with Gasteiger partial charge in [0.05, 0.1) is 18.2 Å². The van der Waals surface area contributed by atoms with Gasteiger partial charge < -0.3 is 10.0 Å². The van der Waals surface area contributed by atoms with Crippen molar-refractivity contribution in [1.82, 2.24) is 9.80 Å². The first kappa shape index (κ1) is 17.3. The summed E-state index contributed by atoms with van der Waals surface area (Å²) in [4.78, 5) is 17.1. The third-order valence-corrected chi connectivity index (χ3v) is 7.26. The van der Waals surface area contributed by atoms with Crippen molar-refractivity contribution in [3.8, 4) is 6.07 Å². The maximum absolute atomic E-state index is 13.0. The molecule has 0 radical (unpaired) electrons. The Balaban J connectivity index is 1.56. The van der Waals surface area contributed by atoms with Crippen LogP contribution in [0.2, 0.25) is 0 Å². The molecule has 5 fully saturated rings. The molecule has 1 heterocycles. The van der Waals surface area contributed by atoms with E-state index >= 15 is 0 Å². The minimum atomic E-state index is -0.511. The van der Waals surface area contributed by atoms with Crippen LogP contribution >= 0.6 is 0 Å². The van der Waals surface area contributed by atoms with Crippen molar-refractivity contribution in [3.63, 3.8) is 0 Å². The lowest BCUT2D eigenvalue weighted by molar-refractivity contribution is -0.184. The van der Waals surface area contributed by atoms with Gasteiger partial charge in [-0.05, 0) is 77.0 Å². The topological polar surface area (TPSA) is 67.6 Å². The zero-order chi connectivity index (χ0) is 17.8. The van der Waals surface area contributed by atoms with Crippen molar-refractivity contribution in [2.75, 3.05) is 13.1 Å². The Bertz CT molecular complexity index is 582. The van der Waals surface area contributed by atoms with Crippen LogP contribution in [0.4, 0.5) is 0 Å². The molecule has 1 saturated heterocycles. The van der Waals surface area contributed by atoms with E-state index in [0.29, 0.717) is 24.9 Å². The third kappa shape index (κ3) is 2.88. The fourth-order valence-electron chi connectivity index (χ4n) is 6.84. The Kier molecular flexibility index (Phi) is 4.12. The number of carbonyl (C=O) groups excluding carboxylic acids is 1. The predicted molar refractivity (Wildman–Crippen MR) is 94.6 cm³/mol. The molecule has 3 atom stereocenters. The zero-order valence-electron chi connectivity index (χ0n) is 15.6. The lowest BCUT2D eigenvalue weighted by Crippen LogP contribution is -2.67. The van der Waals surface area contributed by atoms with Crippen molar-refractivity contribution >= 4 is 5.91 Å². The normalized spacial score (nSPS) is 42.4. The summed E-state index contributed by atoms with van der Waals surface area (Å²) in [6.07, 6.45) is 7.96. The fourth-order valence-corrected chi connectivity index (χ4v) is 6.84. The van der Waals surface area contributed by atoms with Crippen LogP contribution in [0.1, 0.15) is 65.2 Å². The first-order valence-electron chi connectivity index (χ1n) is 10.0. The highest BCUT2D eigenvalue weighted by atomic mass is 16.3. The molecule has 0 aromatic heterocycles. The molecule has 0 spiro atoms. The molecule has 0 aromatic rings. The van der Waals surface area contributed by atoms with Gasteiger partial charge in [-0.3, -0.25) is 9.69 Å². The maximum Gasteiger partial charge on any atom is 0.237 e. The number of nitriles is 1. The zero-order valence-corrected chi connectivity index (χ0v) is 15.6. The fraction of sp³-hybridized carbons (Fsp3) is 0.900. The SMILES string of the molecule is CC(C)N(CC(=O)N1CCCC1C#N)C12CC3CC(CC(O)(C3)C1)C2. The lowest BCUT2D eigenvalue weighted by Gasteiger charge is -2.64. The van der Waals surface area contributed by atoms with Crippen molar-refractivity contribution in [3.05, 3.63) is 0 Å². The van der Waals surface area contributed by atoms with Gasteiger partial charge in [-0.25, -0.2) is 0 Å². The average Bonchev–Trinajstić information content (AvgIpc) is 2.98. The van der Waals surface area contributed by atoms with Crippen LogP contribution in [-0.4, -0.2) is 57.1 Å². The number of likely N-dealkylation sites (tertiary alicyclic amines) is 1. The summed E-state index contributed by atoms with van der Waals surface area (Å²) in [5.41, 5.74) is -0.534. The molecule has 25 heavy (non-hydrogen) atoms. The van der Waals surface area contributed by atoms with Gasteiger partial charge in [0, 0.05) is 18.1 Å². The Hall–Kier alpha value is -1.12. The van der Waals surface area contributed by atoms with Gasteiger partial charge in [0.2, 0.25) is 5.91 Å². The van der Waals surface area contributed by atoms with E-state index in [1.54, 1.807) is 4.90 Å². The number of hydrogen-bond donors (Lipinski definition) is 1. The summed E-state index contributed by atoms with van der Waals surface area (Å²) in [5.74, 6) is 1.32. The van der Waals surface area contributed by atoms with Crippen molar-refractivity contribution in [1.29, 1.82) is 5.26 Å². The second-order valence-corrected chi connectivity index (χ2v) is 9.51. The van der Waals surface area contributed by atoms with E-state index in [-0.39, 0.29) is 23.5 Å². The largest absolute Gasteiger partial charge is 0.390 e. The number of aliphatic hydroxyl groups is 1. The van der Waals surface area contributed by atoms with E-state index < -0.39 is 5.60 Å². The van der Waals surface area contributed by atoms with Crippen LogP contribution in [0.15, 0.2) is 0 Å². The molecule has 3 unspecified atom stereocenters. The molecule has 5 aliphatic rings. The van der Waals surface area contributed by atoms with Crippen LogP contribution in [0.25, 0.3) is 0 Å². The number of nitrogens with zero attached hydrogens (tertiary/aromatic N) is 3. The van der Waals surface area contributed by atoms with E-state index in [9.17, 15) is 15.2 Å². The molecule has 4 bridgehead atoms. The van der Waals surface area contributed by atoms with E-state index in [4.69, 9.17) is 0 Å². The minimum absolute atomic E-state index is 0.0233. The van der Waals surface area contributed by atoms with Gasteiger partial charge >= 0.3 is 0 Å². The lowest BCUT2D eigenvalue weighted by atomic mass is 9.50. The summed E-state index contributed by atoms with van der Waals surface area (Å²) in [5, 5.41) is 20.4. The smallest absolute Gasteiger partial charge is 0.237 e. The number of carbonyl (C=O) groups is 1. The number of amides is 1. The Morgan fingerprint density at radius 1 is 1.32 bits per heavy atom. The molecule has 1 aliphatic heterocycles. The summed E-state index contributed by atoms with van der Waals surface area (Å²) in [6.45, 7) is 5.44. The van der Waals surface area contributed by atoms with E-state index in [1.165, 1.54) is 6.42 Å². The first-order chi connectivity index (χ1) is 11.8. The molecule has 5 nitrogen and oxygen atoms in total. The highest BCUT2D eigenvalue weighted by Crippen LogP contribution is 2.59. The molecule has 138 valence electrons. The first-order valence-corrected chi connectivity index (χ1v) is 10.0. The Morgan fingerprint density at radius 2 is 2.00 bits per heavy atom. The van der Waals surface area contributed by atoms with Crippen LogP contribution in [0.3, 0.4) is 0 Å². The van der Waals surface area contributed by atoms with Gasteiger partial charge in [0.25, 0.3) is 0 Å². The average molecular weight is 345 g/mol. The molecule has 0 aromatic carbocycles. The summed E-state index contributed by atoms with van der Waals surface area (Å²) >= 11 is 0. The van der Waals surface area contributed by atoms with Gasteiger partial charge in [0.1, 0.15) is 6.04 Å². The Morgan fingerprint density at radius 3 is 2.56 bits per heavy atom. The van der Waals surface area contributed by atoms with Crippen LogP contribution < -0.4 is 0 Å². The molecule has 4 saturated carbocycles. The van der Waals surface area contributed by atoms with Crippen LogP contribution in [0.5, 0.6) is 0 Å². The number of rotatable bonds is 4. The quantitative estimate of drug-likeness (QED) is 0.849. The highest BCUT2D eigenvalue weighted by molar-refractivity contribution is 5.79. The van der Waals surface area contributed by atoms with Crippen molar-refractivity contribution in [2.24, 2.45) is 11.8 Å². The van der Waals surface area contributed by atoms with Gasteiger partial charge in [-0.15, -0.1) is 0 Å². The third-order valence-electron chi connectivity index (χ3n) is 7.26. The summed E-state index contributed by atoms with van der Waals surface area (Å²) in [6, 6.07) is 2.31. The van der Waals surface area contributed by atoms with E-state index in [0.717, 1.165) is 44.9 Å². The predicted octanol–water partition coefficient (Wildman–Crippen LogP) is 2.30. The van der Waals surface area contributed by atoms with Crippen molar-refractivity contribution in [2.45, 2.75) is 88.4 Å². The van der Waals surface area contributed by atoms with Gasteiger partial charge in [0.15, 0.2) is 0 Å². The highest BCUT2D eigenvalue weighted by Gasteiger charge is 2.59. The molecule has 1 N–H and O–H groups in total. The maximum atomic E-state index is 13.0. The second-order valence-electron chi connectivity index (χ2n) is 9.51. The summed E-state index contributed by atoms with van der Waals surface area (Å²) < 4.78 is 0. The van der Waals surface area contributed by atoms with E-state index in [1.807, 2.05) is 0 Å². The number of hydrogen-bond acceptors (Lipinski definition) is 4. The molecule has 4 aliphatic carbocycles. The molecular formula is C20H31N3O2. The second kappa shape index (κ2) is 5.96. The van der Waals surface area contributed by atoms with Gasteiger partial charge in [-0.2, -0.15) is 5.26 Å². The standard InChI is InChI=1S/C20H31N3O2/c1-14(2)23(12-18(24)22-5-3-4-17(22)11-21)19-7-15-6-16(8-19)10-20(25,9-15)13-19/h14-17,25H,3-10,12-13H2,1-2H3. The molecule has 1 amide bonds. The molecular weight excluding hydrogens is 314 g/mol. The van der Waals surface area contributed by atoms with Gasteiger partial charge in [-0.1, -0.05) is 0 Å². The molecule has 5 rings (SSSR count). The summed E-state index contributed by atoms with van der Waals surface area (Å²) in [7, 11) is 0.